The van der Waals surface area contributed by atoms with Gasteiger partial charge in [-0.1, -0.05) is 27.2 Å². The predicted molar refractivity (Wildman–Crippen MR) is 82.4 cm³/mol. The largest absolute Gasteiger partial charge is 0.497 e. The minimum atomic E-state index is 0.286. The molecule has 3 heteroatoms. The van der Waals surface area contributed by atoms with E-state index in [4.69, 9.17) is 9.47 Å². The Bertz CT molecular complexity index is 433. The molecule has 0 spiro atoms. The summed E-state index contributed by atoms with van der Waals surface area (Å²) in [6, 6.07) is 6.14. The molecule has 1 aromatic rings. The lowest BCUT2D eigenvalue weighted by molar-refractivity contribution is 0.132. The molecule has 0 saturated heterocycles. The molecule has 2 rings (SSSR count). The van der Waals surface area contributed by atoms with Crippen LogP contribution in [0.4, 0.5) is 0 Å². The van der Waals surface area contributed by atoms with E-state index in [9.17, 15) is 0 Å². The first-order chi connectivity index (χ1) is 9.66. The van der Waals surface area contributed by atoms with Gasteiger partial charge in [-0.05, 0) is 30.5 Å². The fraction of sp³-hybridized carbons (Fsp3) is 0.647. The Balaban J connectivity index is 2.21. The topological polar surface area (TPSA) is 21.7 Å². The zero-order chi connectivity index (χ0) is 14.5. The highest BCUT2D eigenvalue weighted by Gasteiger charge is 2.23. The van der Waals surface area contributed by atoms with Crippen LogP contribution in [-0.4, -0.2) is 31.2 Å². The van der Waals surface area contributed by atoms with Gasteiger partial charge in [0.15, 0.2) is 0 Å². The van der Waals surface area contributed by atoms with E-state index in [1.807, 2.05) is 12.1 Å². The van der Waals surface area contributed by atoms with E-state index < -0.39 is 0 Å². The van der Waals surface area contributed by atoms with E-state index >= 15 is 0 Å². The lowest BCUT2D eigenvalue weighted by Gasteiger charge is -2.25. The summed E-state index contributed by atoms with van der Waals surface area (Å²) in [7, 11) is 1.71. The maximum Gasteiger partial charge on any atom is 0.124 e. The fourth-order valence-corrected chi connectivity index (χ4v) is 2.65. The van der Waals surface area contributed by atoms with Crippen LogP contribution in [0.2, 0.25) is 0 Å². The van der Waals surface area contributed by atoms with Crippen LogP contribution in [0.3, 0.4) is 0 Å². The maximum absolute atomic E-state index is 6.15. The average Bonchev–Trinajstić information content (AvgIpc) is 2.64. The Morgan fingerprint density at radius 2 is 2.20 bits per heavy atom. The number of fused-ring (bicyclic) bond motifs is 1. The van der Waals surface area contributed by atoms with Crippen molar-refractivity contribution in [2.24, 2.45) is 5.92 Å². The lowest BCUT2D eigenvalue weighted by Crippen LogP contribution is -2.35. The first kappa shape index (κ1) is 15.2. The molecular weight excluding hydrogens is 250 g/mol. The second-order valence-electron chi connectivity index (χ2n) is 5.83. The molecule has 0 amide bonds. The van der Waals surface area contributed by atoms with Crippen molar-refractivity contribution in [2.75, 3.05) is 20.2 Å². The molecule has 3 nitrogen and oxygen atoms in total. The van der Waals surface area contributed by atoms with E-state index in [0.717, 1.165) is 43.5 Å². The summed E-state index contributed by atoms with van der Waals surface area (Å²) in [4.78, 5) is 2.52. The Labute approximate surface area is 122 Å². The molecular formula is C17H27NO2. The molecule has 0 aromatic heterocycles. The molecule has 0 radical (unpaired) electrons. The summed E-state index contributed by atoms with van der Waals surface area (Å²) in [6.07, 6.45) is 2.55. The van der Waals surface area contributed by atoms with Crippen LogP contribution < -0.4 is 9.47 Å². The Hall–Kier alpha value is -1.22. The highest BCUT2D eigenvalue weighted by molar-refractivity contribution is 5.41. The van der Waals surface area contributed by atoms with E-state index in [1.54, 1.807) is 7.11 Å². The second kappa shape index (κ2) is 6.98. The number of rotatable bonds is 5. The summed E-state index contributed by atoms with van der Waals surface area (Å²) in [5.74, 6) is 2.65. The molecule has 1 aliphatic rings. The normalized spacial score (nSPS) is 20.7. The predicted octanol–water partition coefficient (Wildman–Crippen LogP) is 3.71. The zero-order valence-corrected chi connectivity index (χ0v) is 13.2. The first-order valence-corrected chi connectivity index (χ1v) is 7.72. The molecule has 2 atom stereocenters. The molecule has 0 unspecified atom stereocenters. The maximum atomic E-state index is 6.15. The van der Waals surface area contributed by atoms with Crippen molar-refractivity contribution in [3.8, 4) is 11.5 Å². The van der Waals surface area contributed by atoms with Gasteiger partial charge in [0.05, 0.1) is 7.11 Å². The summed E-state index contributed by atoms with van der Waals surface area (Å²) in [6.45, 7) is 9.87. The molecule has 0 aliphatic carbocycles. The quantitative estimate of drug-likeness (QED) is 0.819. The number of hydrogen-bond acceptors (Lipinski definition) is 3. The van der Waals surface area contributed by atoms with Gasteiger partial charge in [-0.25, -0.2) is 0 Å². The van der Waals surface area contributed by atoms with Crippen LogP contribution in [0.15, 0.2) is 18.2 Å². The lowest BCUT2D eigenvalue weighted by atomic mass is 10.1. The van der Waals surface area contributed by atoms with Gasteiger partial charge in [-0.3, -0.25) is 4.90 Å². The third kappa shape index (κ3) is 3.66. The molecule has 0 bridgehead atoms. The van der Waals surface area contributed by atoms with Crippen molar-refractivity contribution in [1.82, 2.24) is 4.90 Å². The number of methoxy groups -OCH3 is 1. The molecule has 0 saturated carbocycles. The van der Waals surface area contributed by atoms with E-state index in [2.05, 4.69) is 31.7 Å². The Kier molecular flexibility index (Phi) is 5.30. The minimum Gasteiger partial charge on any atom is -0.497 e. The molecule has 1 aromatic carbocycles. The van der Waals surface area contributed by atoms with Crippen molar-refractivity contribution in [3.05, 3.63) is 23.8 Å². The summed E-state index contributed by atoms with van der Waals surface area (Å²) in [5, 5.41) is 0. The van der Waals surface area contributed by atoms with Gasteiger partial charge in [-0.2, -0.15) is 0 Å². The van der Waals surface area contributed by atoms with Crippen LogP contribution in [0.5, 0.6) is 11.5 Å². The van der Waals surface area contributed by atoms with Gasteiger partial charge in [-0.15, -0.1) is 0 Å². The van der Waals surface area contributed by atoms with Crippen molar-refractivity contribution >= 4 is 0 Å². The van der Waals surface area contributed by atoms with Gasteiger partial charge in [0.1, 0.15) is 17.6 Å². The molecule has 1 heterocycles. The third-order valence-corrected chi connectivity index (χ3v) is 4.14. The summed E-state index contributed by atoms with van der Waals surface area (Å²) in [5.41, 5.74) is 1.24. The minimum absolute atomic E-state index is 0.286. The average molecular weight is 277 g/mol. The van der Waals surface area contributed by atoms with E-state index in [-0.39, 0.29) is 6.10 Å². The fourth-order valence-electron chi connectivity index (χ4n) is 2.65. The molecule has 20 heavy (non-hydrogen) atoms. The monoisotopic (exact) mass is 277 g/mol. The number of hydrogen-bond donors (Lipinski definition) is 0. The second-order valence-corrected chi connectivity index (χ2v) is 5.83. The van der Waals surface area contributed by atoms with Gasteiger partial charge in [0.25, 0.3) is 0 Å². The number of nitrogens with zero attached hydrogens (tertiary/aromatic N) is 1. The summed E-state index contributed by atoms with van der Waals surface area (Å²) < 4.78 is 11.5. The Morgan fingerprint density at radius 1 is 1.40 bits per heavy atom. The van der Waals surface area contributed by atoms with Crippen molar-refractivity contribution in [3.63, 3.8) is 0 Å². The van der Waals surface area contributed by atoms with Gasteiger partial charge >= 0.3 is 0 Å². The van der Waals surface area contributed by atoms with E-state index in [0.29, 0.717) is 0 Å². The molecule has 1 aliphatic heterocycles. The zero-order valence-electron chi connectivity index (χ0n) is 13.2. The number of ether oxygens (including phenoxy) is 2. The SMILES string of the molecule is CC[C@@H](C)CN1Cc2cc(OC)ccc2O[C@@H](CC)C1. The van der Waals surface area contributed by atoms with Crippen LogP contribution >= 0.6 is 0 Å². The van der Waals surface area contributed by atoms with Crippen LogP contribution in [0.25, 0.3) is 0 Å². The molecule has 0 N–H and O–H groups in total. The van der Waals surface area contributed by atoms with Crippen molar-refractivity contribution in [2.45, 2.75) is 46.3 Å². The standard InChI is InChI=1S/C17H27NO2/c1-5-13(3)10-18-11-14-9-16(19-4)7-8-17(14)20-15(6-2)12-18/h7-9,13,15H,5-6,10-12H2,1-4H3/t13-,15+/m1/s1. The highest BCUT2D eigenvalue weighted by atomic mass is 16.5. The van der Waals surface area contributed by atoms with Crippen molar-refractivity contribution in [1.29, 1.82) is 0 Å². The van der Waals surface area contributed by atoms with E-state index in [1.165, 1.54) is 12.0 Å². The third-order valence-electron chi connectivity index (χ3n) is 4.14. The van der Waals surface area contributed by atoms with Gasteiger partial charge < -0.3 is 9.47 Å². The molecule has 0 fully saturated rings. The summed E-state index contributed by atoms with van der Waals surface area (Å²) >= 11 is 0. The van der Waals surface area contributed by atoms with Gasteiger partial charge in [0.2, 0.25) is 0 Å². The van der Waals surface area contributed by atoms with Crippen LogP contribution in [-0.2, 0) is 6.54 Å². The van der Waals surface area contributed by atoms with Crippen LogP contribution in [0, 0.1) is 5.92 Å². The first-order valence-electron chi connectivity index (χ1n) is 7.72. The molecule has 112 valence electrons. The number of benzene rings is 1. The highest BCUT2D eigenvalue weighted by Crippen LogP contribution is 2.30. The van der Waals surface area contributed by atoms with Crippen LogP contribution in [0.1, 0.15) is 39.2 Å². The smallest absolute Gasteiger partial charge is 0.124 e. The van der Waals surface area contributed by atoms with Gasteiger partial charge in [0, 0.05) is 25.2 Å². The van der Waals surface area contributed by atoms with Crippen molar-refractivity contribution < 1.29 is 9.47 Å². The Morgan fingerprint density at radius 3 is 2.85 bits per heavy atom.